The average Bonchev–Trinajstić information content (AvgIpc) is 2.99. The Morgan fingerprint density at radius 3 is 2.27 bits per heavy atom. The number of sulfonamides is 1. The lowest BCUT2D eigenvalue weighted by Crippen LogP contribution is -2.41. The van der Waals surface area contributed by atoms with Crippen molar-refractivity contribution in [1.29, 1.82) is 0 Å². The van der Waals surface area contributed by atoms with Crippen molar-refractivity contribution in [3.63, 3.8) is 0 Å². The van der Waals surface area contributed by atoms with Gasteiger partial charge in [-0.05, 0) is 66.0 Å². The van der Waals surface area contributed by atoms with Gasteiger partial charge in [0.15, 0.2) is 0 Å². The van der Waals surface area contributed by atoms with E-state index >= 15 is 0 Å². The summed E-state index contributed by atoms with van der Waals surface area (Å²) < 4.78 is 29.9. The molecule has 1 aliphatic heterocycles. The van der Waals surface area contributed by atoms with E-state index in [4.69, 9.17) is 0 Å². The molecule has 9 heteroatoms. The summed E-state index contributed by atoms with van der Waals surface area (Å²) in [7, 11) is -3.67. The highest BCUT2D eigenvalue weighted by Crippen LogP contribution is 2.30. The molecule has 30 heavy (non-hydrogen) atoms. The first-order valence-corrected chi connectivity index (χ1v) is 11.7. The molecule has 0 atom stereocenters. The molecule has 164 valence electrons. The predicted molar refractivity (Wildman–Crippen MR) is 116 cm³/mol. The number of anilines is 1. The van der Waals surface area contributed by atoms with Gasteiger partial charge in [-0.15, -0.1) is 0 Å². The van der Waals surface area contributed by atoms with Crippen molar-refractivity contribution < 1.29 is 13.2 Å². The first-order chi connectivity index (χ1) is 13.9. The Labute approximate surface area is 178 Å². The Morgan fingerprint density at radius 1 is 1.13 bits per heavy atom. The van der Waals surface area contributed by atoms with Crippen LogP contribution in [0.5, 0.6) is 0 Å². The van der Waals surface area contributed by atoms with Gasteiger partial charge in [-0.3, -0.25) is 9.48 Å². The maximum absolute atomic E-state index is 13.3. The molecule has 8 nitrogen and oxygen atoms in total. The fourth-order valence-corrected chi connectivity index (χ4v) is 5.74. The quantitative estimate of drug-likeness (QED) is 0.799. The molecule has 0 unspecified atom stereocenters. The van der Waals surface area contributed by atoms with Crippen LogP contribution >= 0.6 is 0 Å². The summed E-state index contributed by atoms with van der Waals surface area (Å²) in [6, 6.07) is 3.66. The van der Waals surface area contributed by atoms with E-state index in [1.807, 2.05) is 33.8 Å². The molecule has 1 amide bonds. The third-order valence-electron chi connectivity index (χ3n) is 5.45. The van der Waals surface area contributed by atoms with Crippen molar-refractivity contribution in [3.05, 3.63) is 35.3 Å². The molecule has 2 aromatic rings. The molecule has 3 rings (SSSR count). The minimum Gasteiger partial charge on any atom is -0.310 e. The van der Waals surface area contributed by atoms with Gasteiger partial charge in [-0.25, -0.2) is 13.4 Å². The van der Waals surface area contributed by atoms with Gasteiger partial charge in [0.2, 0.25) is 15.9 Å². The van der Waals surface area contributed by atoms with Crippen LogP contribution < -0.4 is 5.32 Å². The number of hydrogen-bond acceptors (Lipinski definition) is 5. The molecule has 1 saturated heterocycles. The second-order valence-corrected chi connectivity index (χ2v) is 10.8. The van der Waals surface area contributed by atoms with E-state index < -0.39 is 10.0 Å². The van der Waals surface area contributed by atoms with Gasteiger partial charge in [-0.1, -0.05) is 6.07 Å². The highest BCUT2D eigenvalue weighted by molar-refractivity contribution is 7.89. The molecular formula is C21H31N5O3S. The van der Waals surface area contributed by atoms with Crippen LogP contribution in [0.2, 0.25) is 0 Å². The van der Waals surface area contributed by atoms with Crippen molar-refractivity contribution in [2.24, 2.45) is 5.92 Å². The number of carbonyl (C=O) groups excluding carboxylic acids is 1. The van der Waals surface area contributed by atoms with Crippen molar-refractivity contribution in [1.82, 2.24) is 19.1 Å². The maximum atomic E-state index is 13.3. The predicted octanol–water partition coefficient (Wildman–Crippen LogP) is 3.00. The summed E-state index contributed by atoms with van der Waals surface area (Å²) in [5.41, 5.74) is 1.86. The first-order valence-electron chi connectivity index (χ1n) is 10.2. The van der Waals surface area contributed by atoms with E-state index in [9.17, 15) is 13.2 Å². The summed E-state index contributed by atoms with van der Waals surface area (Å²) >= 11 is 0. The lowest BCUT2D eigenvalue weighted by Gasteiger charge is -2.30. The number of nitrogens with one attached hydrogen (secondary N) is 1. The van der Waals surface area contributed by atoms with Crippen LogP contribution in [0.3, 0.4) is 0 Å². The largest absolute Gasteiger partial charge is 0.310 e. The van der Waals surface area contributed by atoms with Gasteiger partial charge in [0.1, 0.15) is 10.7 Å². The maximum Gasteiger partial charge on any atom is 0.246 e. The number of pyridine rings is 1. The zero-order valence-corrected chi connectivity index (χ0v) is 19.4. The zero-order chi connectivity index (χ0) is 22.3. The van der Waals surface area contributed by atoms with Gasteiger partial charge in [0, 0.05) is 25.2 Å². The third kappa shape index (κ3) is 4.41. The van der Waals surface area contributed by atoms with E-state index in [0.717, 1.165) is 5.56 Å². The Balaban J connectivity index is 1.70. The minimum atomic E-state index is -3.67. The van der Waals surface area contributed by atoms with Crippen molar-refractivity contribution in [2.75, 3.05) is 18.4 Å². The molecule has 0 saturated carbocycles. The highest BCUT2D eigenvalue weighted by Gasteiger charge is 2.36. The number of carbonyl (C=O) groups is 1. The lowest BCUT2D eigenvalue weighted by molar-refractivity contribution is -0.120. The van der Waals surface area contributed by atoms with E-state index in [0.29, 0.717) is 43.1 Å². The van der Waals surface area contributed by atoms with Crippen LogP contribution in [0.4, 0.5) is 5.82 Å². The number of piperidine rings is 1. The van der Waals surface area contributed by atoms with Gasteiger partial charge in [0.25, 0.3) is 0 Å². The SMILES string of the molecule is Cc1ccc(NC(=O)C2CCN(S(=O)(=O)c3c(C)nn(C(C)(C)C)c3C)CC2)nc1. The second kappa shape index (κ2) is 8.11. The molecule has 0 aliphatic carbocycles. The van der Waals surface area contributed by atoms with Crippen LogP contribution in [0.25, 0.3) is 0 Å². The van der Waals surface area contributed by atoms with Crippen molar-refractivity contribution in [3.8, 4) is 0 Å². The van der Waals surface area contributed by atoms with Crippen LogP contribution in [0.15, 0.2) is 23.2 Å². The zero-order valence-electron chi connectivity index (χ0n) is 18.6. The third-order valence-corrected chi connectivity index (χ3v) is 7.60. The monoisotopic (exact) mass is 433 g/mol. The minimum absolute atomic E-state index is 0.115. The fourth-order valence-electron chi connectivity index (χ4n) is 3.91. The molecule has 3 heterocycles. The average molecular weight is 434 g/mol. The lowest BCUT2D eigenvalue weighted by atomic mass is 9.97. The Morgan fingerprint density at radius 2 is 1.77 bits per heavy atom. The van der Waals surface area contributed by atoms with Crippen LogP contribution in [-0.4, -0.2) is 46.5 Å². The molecule has 1 fully saturated rings. The number of rotatable bonds is 4. The highest BCUT2D eigenvalue weighted by atomic mass is 32.2. The Bertz CT molecular complexity index is 1030. The number of hydrogen-bond donors (Lipinski definition) is 1. The van der Waals surface area contributed by atoms with E-state index in [1.54, 1.807) is 30.8 Å². The molecule has 0 radical (unpaired) electrons. The number of nitrogens with zero attached hydrogens (tertiary/aromatic N) is 4. The Kier molecular flexibility index (Phi) is 6.06. The number of aromatic nitrogens is 3. The van der Waals surface area contributed by atoms with E-state index in [-0.39, 0.29) is 22.3 Å². The first kappa shape index (κ1) is 22.4. The normalized spacial score (nSPS) is 16.6. The summed E-state index contributed by atoms with van der Waals surface area (Å²) in [4.78, 5) is 17.1. The van der Waals surface area contributed by atoms with Crippen molar-refractivity contribution in [2.45, 2.75) is 64.8 Å². The number of amides is 1. The van der Waals surface area contributed by atoms with Crippen LogP contribution in [0, 0.1) is 26.7 Å². The molecule has 0 aromatic carbocycles. The molecule has 1 N–H and O–H groups in total. The van der Waals surface area contributed by atoms with Crippen molar-refractivity contribution >= 4 is 21.7 Å². The standard InChI is InChI=1S/C21H31N5O3S/c1-14-7-8-18(22-13-14)23-20(27)17-9-11-25(12-10-17)30(28,29)19-15(2)24-26(16(19)3)21(4,5)6/h7-8,13,17H,9-12H2,1-6H3,(H,22,23,27). The van der Waals surface area contributed by atoms with Crippen LogP contribution in [-0.2, 0) is 20.4 Å². The van der Waals surface area contributed by atoms with E-state index in [2.05, 4.69) is 15.4 Å². The molecule has 0 spiro atoms. The molecule has 1 aliphatic rings. The van der Waals surface area contributed by atoms with Gasteiger partial charge in [-0.2, -0.15) is 9.40 Å². The van der Waals surface area contributed by atoms with Gasteiger partial charge >= 0.3 is 0 Å². The van der Waals surface area contributed by atoms with E-state index in [1.165, 1.54) is 4.31 Å². The van der Waals surface area contributed by atoms with Gasteiger partial charge in [0.05, 0.1) is 16.9 Å². The van der Waals surface area contributed by atoms with Gasteiger partial charge < -0.3 is 5.32 Å². The smallest absolute Gasteiger partial charge is 0.246 e. The molecule has 2 aromatic heterocycles. The second-order valence-electron chi connectivity index (χ2n) is 8.97. The summed E-state index contributed by atoms with van der Waals surface area (Å²) in [5.74, 6) is 0.164. The number of aryl methyl sites for hydroxylation is 2. The summed E-state index contributed by atoms with van der Waals surface area (Å²) in [6.07, 6.45) is 2.65. The Hall–Kier alpha value is -2.26. The molecule has 0 bridgehead atoms. The topological polar surface area (TPSA) is 97.2 Å². The fraction of sp³-hybridized carbons (Fsp3) is 0.571. The van der Waals surface area contributed by atoms with Crippen LogP contribution in [0.1, 0.15) is 50.6 Å². The molecular weight excluding hydrogens is 402 g/mol. The summed E-state index contributed by atoms with van der Waals surface area (Å²) in [5, 5.41) is 7.31. The summed E-state index contributed by atoms with van der Waals surface area (Å²) in [6.45, 7) is 12.1.